The zero-order valence-electron chi connectivity index (χ0n) is 31.6. The number of methoxy groups -OCH3 is 2. The lowest BCUT2D eigenvalue weighted by molar-refractivity contribution is 0.0507. The van der Waals surface area contributed by atoms with Crippen molar-refractivity contribution in [3.63, 3.8) is 0 Å². The standard InChI is InChI=1S/C19H20BrClN4O4.C19H21ClN4O4/c1-3-29-19(27)14-10-22-18-16(15(20)17(21)23-25(14)18)24(8-9-26)11-12-4-6-13(28-2)7-5-12;1-3-28-19(26)16-11-21-18-15(10-17(20)22-24(16)18)23(8-9-25)12-13-4-6-14(27-2)7-5-13/h4-7,10,26H,3,8-9,11H2,1-2H3;4-7,10-11,25H,3,8-9,12H2,1-2H3. The predicted octanol–water partition coefficient (Wildman–Crippen LogP) is 5.90. The van der Waals surface area contributed by atoms with Gasteiger partial charge in [-0.15, -0.1) is 0 Å². The summed E-state index contributed by atoms with van der Waals surface area (Å²) in [7, 11) is 3.22. The van der Waals surface area contributed by atoms with Crippen molar-refractivity contribution in [1.29, 1.82) is 0 Å². The van der Waals surface area contributed by atoms with Gasteiger partial charge in [-0.25, -0.2) is 28.6 Å². The number of esters is 2. The monoisotopic (exact) mass is 886 g/mol. The molecule has 0 aliphatic carbocycles. The summed E-state index contributed by atoms with van der Waals surface area (Å²) in [6, 6.07) is 16.9. The van der Waals surface area contributed by atoms with E-state index in [9.17, 15) is 19.8 Å². The lowest BCUT2D eigenvalue weighted by Gasteiger charge is -2.26. The lowest BCUT2D eigenvalue weighted by atomic mass is 10.2. The van der Waals surface area contributed by atoms with Crippen LogP contribution in [0.15, 0.2) is 71.5 Å². The summed E-state index contributed by atoms with van der Waals surface area (Å²) in [4.78, 5) is 36.9. The number of imidazole rings is 2. The molecule has 57 heavy (non-hydrogen) atoms. The van der Waals surface area contributed by atoms with Gasteiger partial charge in [0.25, 0.3) is 0 Å². The molecule has 19 heteroatoms. The van der Waals surface area contributed by atoms with E-state index in [1.807, 2.05) is 58.3 Å². The van der Waals surface area contributed by atoms with Gasteiger partial charge in [-0.05, 0) is 65.2 Å². The Morgan fingerprint density at radius 2 is 1.21 bits per heavy atom. The first kappa shape index (κ1) is 42.9. The van der Waals surface area contributed by atoms with Crippen molar-refractivity contribution >= 4 is 73.7 Å². The Kier molecular flexibility index (Phi) is 15.3. The maximum absolute atomic E-state index is 12.2. The van der Waals surface area contributed by atoms with Gasteiger partial charge in [-0.2, -0.15) is 10.2 Å². The van der Waals surface area contributed by atoms with Crippen molar-refractivity contribution in [2.75, 3.05) is 63.5 Å². The second-order valence-corrected chi connectivity index (χ2v) is 13.5. The highest BCUT2D eigenvalue weighted by Crippen LogP contribution is 2.36. The molecule has 0 saturated heterocycles. The van der Waals surface area contributed by atoms with Gasteiger partial charge in [0.2, 0.25) is 0 Å². The molecule has 302 valence electrons. The molecule has 0 atom stereocenters. The molecule has 0 bridgehead atoms. The Morgan fingerprint density at radius 3 is 1.70 bits per heavy atom. The topological polar surface area (TPSA) is 178 Å². The third-order valence-electron chi connectivity index (χ3n) is 8.38. The summed E-state index contributed by atoms with van der Waals surface area (Å²) in [6.07, 6.45) is 2.81. The van der Waals surface area contributed by atoms with Gasteiger partial charge in [-0.3, -0.25) is 0 Å². The van der Waals surface area contributed by atoms with Crippen molar-refractivity contribution in [2.45, 2.75) is 26.9 Å². The van der Waals surface area contributed by atoms with E-state index in [1.165, 1.54) is 21.4 Å². The normalized spacial score (nSPS) is 10.9. The fourth-order valence-electron chi connectivity index (χ4n) is 5.76. The largest absolute Gasteiger partial charge is 0.497 e. The van der Waals surface area contributed by atoms with Gasteiger partial charge in [0, 0.05) is 32.2 Å². The summed E-state index contributed by atoms with van der Waals surface area (Å²) < 4.78 is 23.8. The van der Waals surface area contributed by atoms with E-state index < -0.39 is 11.9 Å². The highest BCUT2D eigenvalue weighted by atomic mass is 79.9. The van der Waals surface area contributed by atoms with Gasteiger partial charge in [-0.1, -0.05) is 47.5 Å². The van der Waals surface area contributed by atoms with Crippen molar-refractivity contribution in [2.24, 2.45) is 0 Å². The quantitative estimate of drug-likeness (QED) is 0.110. The molecule has 4 heterocycles. The zero-order valence-corrected chi connectivity index (χ0v) is 34.7. The van der Waals surface area contributed by atoms with Crippen LogP contribution >= 0.6 is 39.1 Å². The van der Waals surface area contributed by atoms with Crippen LogP contribution in [0.3, 0.4) is 0 Å². The minimum atomic E-state index is -0.541. The maximum atomic E-state index is 12.2. The van der Waals surface area contributed by atoms with E-state index in [0.717, 1.165) is 22.6 Å². The van der Waals surface area contributed by atoms with Gasteiger partial charge < -0.3 is 39.0 Å². The molecule has 2 N–H and O–H groups in total. The number of aromatic nitrogens is 6. The number of fused-ring (bicyclic) bond motifs is 2. The minimum absolute atomic E-state index is 0.0618. The number of carbonyl (C=O) groups excluding carboxylic acids is 2. The maximum Gasteiger partial charge on any atom is 0.358 e. The molecule has 0 saturated carbocycles. The first-order valence-electron chi connectivity index (χ1n) is 17.7. The van der Waals surface area contributed by atoms with E-state index >= 15 is 0 Å². The third-order valence-corrected chi connectivity index (χ3v) is 9.80. The number of benzene rings is 2. The summed E-state index contributed by atoms with van der Waals surface area (Å²) in [6.45, 7) is 5.43. The summed E-state index contributed by atoms with van der Waals surface area (Å²) in [5, 5.41) is 28.0. The SMILES string of the molecule is CCOC(=O)c1cnc2c(N(CCO)Cc3ccc(OC)cc3)c(Br)c(Cl)nn12.CCOC(=O)c1cnc2c(N(CCO)Cc3ccc(OC)cc3)cc(Cl)nn12. The van der Waals surface area contributed by atoms with Gasteiger partial charge in [0.1, 0.15) is 17.2 Å². The smallest absolute Gasteiger partial charge is 0.358 e. The molecule has 16 nitrogen and oxygen atoms in total. The van der Waals surface area contributed by atoms with Crippen LogP contribution in [-0.2, 0) is 22.6 Å². The molecule has 0 fully saturated rings. The van der Waals surface area contributed by atoms with Gasteiger partial charge in [0.05, 0.1) is 63.2 Å². The fourth-order valence-corrected chi connectivity index (χ4v) is 6.61. The van der Waals surface area contributed by atoms with E-state index in [2.05, 4.69) is 36.1 Å². The number of ether oxygens (including phenoxy) is 4. The Labute approximate surface area is 346 Å². The number of halogens is 3. The van der Waals surface area contributed by atoms with Gasteiger partial charge in [0.15, 0.2) is 33.0 Å². The second-order valence-electron chi connectivity index (χ2n) is 12.0. The second kappa shape index (κ2) is 20.3. The van der Waals surface area contributed by atoms with E-state index in [-0.39, 0.29) is 48.1 Å². The molecule has 0 unspecified atom stereocenters. The predicted molar refractivity (Wildman–Crippen MR) is 218 cm³/mol. The molecule has 0 spiro atoms. The highest BCUT2D eigenvalue weighted by molar-refractivity contribution is 9.10. The lowest BCUT2D eigenvalue weighted by Crippen LogP contribution is -2.27. The van der Waals surface area contributed by atoms with E-state index in [0.29, 0.717) is 53.3 Å². The molecule has 0 aliphatic rings. The Balaban J connectivity index is 0.000000218. The van der Waals surface area contributed by atoms with Crippen molar-refractivity contribution < 1.29 is 38.7 Å². The third kappa shape index (κ3) is 10.2. The van der Waals surface area contributed by atoms with E-state index in [1.54, 1.807) is 34.1 Å². The van der Waals surface area contributed by atoms with Crippen LogP contribution in [0.25, 0.3) is 11.3 Å². The molecular formula is C38H41BrCl2N8O8. The summed E-state index contributed by atoms with van der Waals surface area (Å²) in [5.74, 6) is 0.449. The number of hydrogen-bond donors (Lipinski definition) is 2. The van der Waals surface area contributed by atoms with Crippen molar-refractivity contribution in [3.8, 4) is 11.5 Å². The number of aliphatic hydroxyl groups excluding tert-OH is 2. The first-order valence-corrected chi connectivity index (χ1v) is 19.2. The van der Waals surface area contributed by atoms with Crippen LogP contribution in [0, 0.1) is 0 Å². The number of aliphatic hydroxyl groups is 2. The summed E-state index contributed by atoms with van der Waals surface area (Å²) in [5.41, 5.74) is 4.51. The van der Waals surface area contributed by atoms with E-state index in [4.69, 9.17) is 42.1 Å². The molecular weight excluding hydrogens is 847 g/mol. The zero-order chi connectivity index (χ0) is 41.1. The fraction of sp³-hybridized carbons (Fsp3) is 0.316. The number of hydrogen-bond acceptors (Lipinski definition) is 14. The Bertz CT molecular complexity index is 2290. The molecule has 0 amide bonds. The minimum Gasteiger partial charge on any atom is -0.497 e. The molecule has 0 radical (unpaired) electrons. The van der Waals surface area contributed by atoms with Crippen LogP contribution in [0.1, 0.15) is 46.0 Å². The molecule has 0 aliphatic heterocycles. The van der Waals surface area contributed by atoms with Crippen LogP contribution in [0.2, 0.25) is 10.3 Å². The van der Waals surface area contributed by atoms with Crippen LogP contribution in [0.5, 0.6) is 11.5 Å². The average Bonchev–Trinajstić information content (AvgIpc) is 3.83. The number of anilines is 2. The van der Waals surface area contributed by atoms with Crippen molar-refractivity contribution in [1.82, 2.24) is 29.2 Å². The first-order chi connectivity index (χ1) is 27.6. The van der Waals surface area contributed by atoms with Crippen LogP contribution in [-0.4, -0.2) is 105 Å². The highest BCUT2D eigenvalue weighted by Gasteiger charge is 2.25. The summed E-state index contributed by atoms with van der Waals surface area (Å²) >= 11 is 16.0. The Hall–Kier alpha value is -5.20. The number of carbonyl (C=O) groups is 2. The van der Waals surface area contributed by atoms with Crippen LogP contribution < -0.4 is 19.3 Å². The molecule has 2 aromatic carbocycles. The molecule has 4 aromatic heterocycles. The van der Waals surface area contributed by atoms with Crippen LogP contribution in [0.4, 0.5) is 11.4 Å². The van der Waals surface area contributed by atoms with Crippen molar-refractivity contribution in [3.05, 3.63) is 104 Å². The average molecular weight is 889 g/mol. The number of rotatable bonds is 16. The molecule has 6 rings (SSSR count). The number of nitrogens with zero attached hydrogens (tertiary/aromatic N) is 8. The Morgan fingerprint density at radius 1 is 0.737 bits per heavy atom. The molecule has 6 aromatic rings. The van der Waals surface area contributed by atoms with Gasteiger partial charge >= 0.3 is 11.9 Å².